The van der Waals surface area contributed by atoms with Crippen molar-refractivity contribution in [2.24, 2.45) is 11.8 Å². The maximum Gasteiger partial charge on any atom is 0.303 e. The number of carbonyl (C=O) groups is 1. The number of carboxylic acids is 1. The molecule has 0 aliphatic heterocycles. The van der Waals surface area contributed by atoms with Crippen molar-refractivity contribution in [3.05, 3.63) is 53.6 Å². The Hall–Kier alpha value is -1.82. The highest BCUT2D eigenvalue weighted by atomic mass is 35.5. The van der Waals surface area contributed by atoms with Crippen LogP contribution < -0.4 is 4.74 Å². The van der Waals surface area contributed by atoms with Gasteiger partial charge in [0, 0.05) is 17.4 Å². The first-order chi connectivity index (χ1) is 13.5. The molecule has 1 fully saturated rings. The number of benzene rings is 1. The fourth-order valence-electron chi connectivity index (χ4n) is 3.45. The average Bonchev–Trinajstić information content (AvgIpc) is 3.00. The molecule has 0 amide bonds. The highest BCUT2D eigenvalue weighted by Gasteiger charge is 2.32. The topological polar surface area (TPSA) is 87.0 Å². The van der Waals surface area contributed by atoms with Crippen molar-refractivity contribution in [3.8, 4) is 5.75 Å². The van der Waals surface area contributed by atoms with Gasteiger partial charge in [0.1, 0.15) is 18.5 Å². The fourth-order valence-corrected chi connectivity index (χ4v) is 3.64. The van der Waals surface area contributed by atoms with Gasteiger partial charge in [-0.25, -0.2) is 0 Å². The molecule has 1 aromatic carbocycles. The van der Waals surface area contributed by atoms with Crippen molar-refractivity contribution in [3.63, 3.8) is 0 Å². The number of aliphatic hydroxyl groups excluding tert-OH is 2. The van der Waals surface area contributed by atoms with Crippen molar-refractivity contribution in [1.82, 2.24) is 0 Å². The van der Waals surface area contributed by atoms with E-state index in [0.29, 0.717) is 23.1 Å². The van der Waals surface area contributed by atoms with Crippen molar-refractivity contribution in [2.45, 2.75) is 50.7 Å². The smallest absolute Gasteiger partial charge is 0.303 e. The molecule has 1 aliphatic rings. The average molecular weight is 409 g/mol. The van der Waals surface area contributed by atoms with Gasteiger partial charge in [-0.2, -0.15) is 0 Å². The third kappa shape index (κ3) is 8.05. The Morgan fingerprint density at radius 2 is 2.14 bits per heavy atom. The van der Waals surface area contributed by atoms with Gasteiger partial charge in [0.05, 0.1) is 6.10 Å². The lowest BCUT2D eigenvalue weighted by molar-refractivity contribution is -0.137. The highest BCUT2D eigenvalue weighted by molar-refractivity contribution is 6.30. The quantitative estimate of drug-likeness (QED) is 0.377. The summed E-state index contributed by atoms with van der Waals surface area (Å²) in [5, 5.41) is 29.6. The lowest BCUT2D eigenvalue weighted by atomic mass is 9.91. The standard InChI is InChI=1S/C22H29ClO5/c23-17-7-5-8-19(14-17)28-15-18(24)11-12-20-16(10-13-21(20)25)6-3-1-2-4-9-22(26)27/h1,3,5,7-8,11-12,14,16,18,20-21,24-25H,2,4,6,9-10,13,15H2,(H,26,27)/b3-1-,12-11+/t16-,18+,20+,21+/m0/s1. The summed E-state index contributed by atoms with van der Waals surface area (Å²) in [6, 6.07) is 7.01. The summed E-state index contributed by atoms with van der Waals surface area (Å²) in [7, 11) is 0. The first-order valence-corrected chi connectivity index (χ1v) is 10.1. The first-order valence-electron chi connectivity index (χ1n) is 9.75. The van der Waals surface area contributed by atoms with Crippen LogP contribution in [-0.2, 0) is 4.79 Å². The largest absolute Gasteiger partial charge is 0.491 e. The molecule has 28 heavy (non-hydrogen) atoms. The van der Waals surface area contributed by atoms with Crippen LogP contribution in [0.3, 0.4) is 0 Å². The minimum atomic E-state index is -0.768. The van der Waals surface area contributed by atoms with Crippen LogP contribution in [0.2, 0.25) is 5.02 Å². The Morgan fingerprint density at radius 3 is 2.89 bits per heavy atom. The van der Waals surface area contributed by atoms with E-state index in [2.05, 4.69) is 6.08 Å². The fraction of sp³-hybridized carbons (Fsp3) is 0.500. The molecule has 3 N–H and O–H groups in total. The van der Waals surface area contributed by atoms with E-state index in [-0.39, 0.29) is 18.9 Å². The Bertz CT molecular complexity index is 673. The molecule has 6 heteroatoms. The molecule has 4 atom stereocenters. The van der Waals surface area contributed by atoms with E-state index < -0.39 is 18.2 Å². The molecular weight excluding hydrogens is 380 g/mol. The molecule has 0 saturated heterocycles. The van der Waals surface area contributed by atoms with E-state index >= 15 is 0 Å². The molecule has 5 nitrogen and oxygen atoms in total. The van der Waals surface area contributed by atoms with Crippen molar-refractivity contribution in [2.75, 3.05) is 6.61 Å². The Balaban J connectivity index is 1.77. The van der Waals surface area contributed by atoms with Crippen molar-refractivity contribution in [1.29, 1.82) is 0 Å². The minimum absolute atomic E-state index is 0.00416. The molecule has 2 rings (SSSR count). The number of unbranched alkanes of at least 4 members (excludes halogenated alkanes) is 1. The zero-order valence-electron chi connectivity index (χ0n) is 15.9. The second kappa shape index (κ2) is 11.9. The predicted octanol–water partition coefficient (Wildman–Crippen LogP) is 4.22. The summed E-state index contributed by atoms with van der Waals surface area (Å²) in [6.45, 7) is 0.119. The summed E-state index contributed by atoms with van der Waals surface area (Å²) >= 11 is 5.91. The van der Waals surface area contributed by atoms with Gasteiger partial charge in [0.15, 0.2) is 0 Å². The summed E-state index contributed by atoms with van der Waals surface area (Å²) in [5.74, 6) is 0.162. The summed E-state index contributed by atoms with van der Waals surface area (Å²) in [5.41, 5.74) is 0. The zero-order chi connectivity index (χ0) is 20.4. The Morgan fingerprint density at radius 1 is 1.32 bits per heavy atom. The van der Waals surface area contributed by atoms with Crippen LogP contribution in [0.25, 0.3) is 0 Å². The lowest BCUT2D eigenvalue weighted by Gasteiger charge is -2.18. The second-order valence-corrected chi connectivity index (χ2v) is 7.63. The molecule has 0 spiro atoms. The van der Waals surface area contributed by atoms with E-state index in [1.807, 2.05) is 12.2 Å². The van der Waals surface area contributed by atoms with Gasteiger partial charge >= 0.3 is 5.97 Å². The molecule has 0 unspecified atom stereocenters. The second-order valence-electron chi connectivity index (χ2n) is 7.20. The van der Waals surface area contributed by atoms with Crippen molar-refractivity contribution >= 4 is 17.6 Å². The van der Waals surface area contributed by atoms with E-state index in [1.54, 1.807) is 30.3 Å². The number of hydrogen-bond acceptors (Lipinski definition) is 4. The highest BCUT2D eigenvalue weighted by Crippen LogP contribution is 2.36. The van der Waals surface area contributed by atoms with Crippen LogP contribution >= 0.6 is 11.6 Å². The van der Waals surface area contributed by atoms with Crippen LogP contribution in [0.5, 0.6) is 5.75 Å². The number of hydrogen-bond donors (Lipinski definition) is 3. The number of aliphatic hydroxyl groups is 2. The molecule has 0 bridgehead atoms. The summed E-state index contributed by atoms with van der Waals surface area (Å²) in [6.07, 6.45) is 10.6. The van der Waals surface area contributed by atoms with E-state index in [4.69, 9.17) is 21.4 Å². The monoisotopic (exact) mass is 408 g/mol. The summed E-state index contributed by atoms with van der Waals surface area (Å²) in [4.78, 5) is 10.5. The van der Waals surface area contributed by atoms with E-state index in [1.165, 1.54) is 0 Å². The Labute approximate surface area is 171 Å². The third-order valence-corrected chi connectivity index (χ3v) is 5.20. The molecule has 0 radical (unpaired) electrons. The molecule has 0 heterocycles. The van der Waals surface area contributed by atoms with E-state index in [9.17, 15) is 15.0 Å². The first kappa shape index (κ1) is 22.5. The maximum absolute atomic E-state index is 10.5. The van der Waals surface area contributed by atoms with Crippen LogP contribution in [0.4, 0.5) is 0 Å². The van der Waals surface area contributed by atoms with Crippen LogP contribution in [0.15, 0.2) is 48.6 Å². The Kier molecular flexibility index (Phi) is 9.55. The van der Waals surface area contributed by atoms with E-state index in [0.717, 1.165) is 25.7 Å². The van der Waals surface area contributed by atoms with Gasteiger partial charge in [-0.1, -0.05) is 42.0 Å². The van der Waals surface area contributed by atoms with Crippen LogP contribution in [-0.4, -0.2) is 40.1 Å². The molecule has 0 aromatic heterocycles. The van der Waals surface area contributed by atoms with Gasteiger partial charge in [0.2, 0.25) is 0 Å². The third-order valence-electron chi connectivity index (χ3n) is 4.96. The SMILES string of the molecule is O=C(O)CCC/C=C\C[C@H]1CC[C@@H](O)[C@@H]1/C=C/[C@@H](O)COc1cccc(Cl)c1. The number of halogens is 1. The molecule has 154 valence electrons. The lowest BCUT2D eigenvalue weighted by Crippen LogP contribution is -2.19. The number of allylic oxidation sites excluding steroid dienone is 2. The van der Waals surface area contributed by atoms with Gasteiger partial charge in [-0.05, 0) is 56.2 Å². The van der Waals surface area contributed by atoms with Crippen molar-refractivity contribution < 1.29 is 24.9 Å². The van der Waals surface area contributed by atoms with Gasteiger partial charge in [-0.15, -0.1) is 0 Å². The number of carboxylic acid groups (broad SMARTS) is 1. The molecule has 1 saturated carbocycles. The zero-order valence-corrected chi connectivity index (χ0v) is 16.7. The number of rotatable bonds is 11. The van der Waals surface area contributed by atoms with Crippen LogP contribution in [0, 0.1) is 11.8 Å². The molecule has 1 aliphatic carbocycles. The number of aliphatic carboxylic acids is 1. The maximum atomic E-state index is 10.5. The predicted molar refractivity (Wildman–Crippen MR) is 110 cm³/mol. The molecule has 1 aromatic rings. The van der Waals surface area contributed by atoms with Crippen LogP contribution in [0.1, 0.15) is 38.5 Å². The minimum Gasteiger partial charge on any atom is -0.491 e. The summed E-state index contributed by atoms with van der Waals surface area (Å²) < 4.78 is 5.54. The van der Waals surface area contributed by atoms with Gasteiger partial charge in [-0.3, -0.25) is 4.79 Å². The normalized spacial score (nSPS) is 23.5. The van der Waals surface area contributed by atoms with Gasteiger partial charge < -0.3 is 20.1 Å². The molecular formula is C22H29ClO5. The van der Waals surface area contributed by atoms with Gasteiger partial charge in [0.25, 0.3) is 0 Å². The number of ether oxygens (including phenoxy) is 1.